The largest absolute Gasteiger partial charge is 0.508 e. The third-order valence-electron chi connectivity index (χ3n) is 2.22. The lowest BCUT2D eigenvalue weighted by atomic mass is 10.2. The van der Waals surface area contributed by atoms with Crippen molar-refractivity contribution < 1.29 is 15.1 Å². The zero-order chi connectivity index (χ0) is 14.3. The van der Waals surface area contributed by atoms with Crippen LogP contribution in [0.25, 0.3) is 6.08 Å². The van der Waals surface area contributed by atoms with E-state index in [1.165, 1.54) is 24.3 Å². The first kappa shape index (κ1) is 14.2. The molecule has 2 aromatic carbocycles. The minimum Gasteiger partial charge on any atom is -0.508 e. The second kappa shape index (κ2) is 6.80. The fourth-order valence-electron chi connectivity index (χ4n) is 1.23. The molecule has 0 saturated heterocycles. The molecule has 0 atom stereocenters. The molecule has 0 amide bonds. The topological polar surface area (TPSA) is 83.6 Å². The van der Waals surface area contributed by atoms with E-state index in [2.05, 4.69) is 6.58 Å². The van der Waals surface area contributed by atoms with Gasteiger partial charge in [0, 0.05) is 17.7 Å². The molecule has 2 N–H and O–H groups in total. The average Bonchev–Trinajstić information content (AvgIpc) is 2.40. The number of para-hydroxylation sites is 1. The summed E-state index contributed by atoms with van der Waals surface area (Å²) >= 11 is 0. The van der Waals surface area contributed by atoms with Crippen LogP contribution in [-0.2, 0) is 0 Å². The predicted octanol–water partition coefficient (Wildman–Crippen LogP) is 3.34. The van der Waals surface area contributed by atoms with Crippen LogP contribution in [0, 0.1) is 10.1 Å². The highest BCUT2D eigenvalue weighted by Gasteiger charge is 2.01. The van der Waals surface area contributed by atoms with Crippen molar-refractivity contribution in [2.75, 3.05) is 0 Å². The Bertz CT molecular complexity index is 564. The molecule has 0 unspecified atom stereocenters. The van der Waals surface area contributed by atoms with Crippen LogP contribution in [0.15, 0.2) is 55.1 Å². The van der Waals surface area contributed by atoms with Gasteiger partial charge in [-0.3, -0.25) is 10.1 Å². The van der Waals surface area contributed by atoms with Crippen LogP contribution in [0.4, 0.5) is 5.69 Å². The van der Waals surface area contributed by atoms with Crippen LogP contribution < -0.4 is 0 Å². The number of non-ortho nitro benzene ring substituents is 1. The monoisotopic (exact) mass is 259 g/mol. The van der Waals surface area contributed by atoms with E-state index in [1.807, 2.05) is 12.1 Å². The number of hydrogen-bond donors (Lipinski definition) is 2. The molecule has 0 fully saturated rings. The zero-order valence-electron chi connectivity index (χ0n) is 10.1. The van der Waals surface area contributed by atoms with Gasteiger partial charge in [-0.15, -0.1) is 0 Å². The maximum atomic E-state index is 10.0. The third kappa shape index (κ3) is 4.51. The normalized spacial score (nSPS) is 9.05. The molecule has 0 bridgehead atoms. The second-order valence-electron chi connectivity index (χ2n) is 3.54. The van der Waals surface area contributed by atoms with Gasteiger partial charge in [-0.2, -0.15) is 0 Å². The molecule has 2 aromatic rings. The summed E-state index contributed by atoms with van der Waals surface area (Å²) in [6.45, 7) is 3.53. The van der Waals surface area contributed by atoms with E-state index in [1.54, 1.807) is 18.2 Å². The van der Waals surface area contributed by atoms with Crippen molar-refractivity contribution in [3.63, 3.8) is 0 Å². The van der Waals surface area contributed by atoms with Gasteiger partial charge < -0.3 is 10.2 Å². The number of aromatic hydroxyl groups is 2. The van der Waals surface area contributed by atoms with E-state index in [-0.39, 0.29) is 17.2 Å². The molecule has 5 heteroatoms. The van der Waals surface area contributed by atoms with Crippen molar-refractivity contribution in [1.82, 2.24) is 0 Å². The van der Waals surface area contributed by atoms with Gasteiger partial charge in [0.15, 0.2) is 0 Å². The van der Waals surface area contributed by atoms with Crippen LogP contribution in [0.5, 0.6) is 11.5 Å². The number of phenols is 2. The van der Waals surface area contributed by atoms with Crippen LogP contribution in [0.3, 0.4) is 0 Å². The first-order valence-electron chi connectivity index (χ1n) is 5.38. The lowest BCUT2D eigenvalue weighted by molar-refractivity contribution is -0.384. The lowest BCUT2D eigenvalue weighted by Gasteiger charge is -1.93. The smallest absolute Gasteiger partial charge is 0.269 e. The number of nitro groups is 1. The molecule has 98 valence electrons. The Hall–Kier alpha value is -2.82. The van der Waals surface area contributed by atoms with Gasteiger partial charge in [0.1, 0.15) is 11.5 Å². The van der Waals surface area contributed by atoms with Gasteiger partial charge in [-0.1, -0.05) is 30.9 Å². The molecule has 19 heavy (non-hydrogen) atoms. The van der Waals surface area contributed by atoms with E-state index in [4.69, 9.17) is 10.2 Å². The van der Waals surface area contributed by atoms with E-state index in [9.17, 15) is 10.1 Å². The SMILES string of the molecule is C=Cc1ccccc1O.O=[N+]([O-])c1ccc(O)cc1. The molecule has 0 heterocycles. The Balaban J connectivity index is 0.000000191. The highest BCUT2D eigenvalue weighted by atomic mass is 16.6. The quantitative estimate of drug-likeness (QED) is 0.640. The Morgan fingerprint density at radius 3 is 2.05 bits per heavy atom. The van der Waals surface area contributed by atoms with Crippen LogP contribution in [-0.4, -0.2) is 15.1 Å². The Labute approximate surface area is 110 Å². The molecule has 5 nitrogen and oxygen atoms in total. The minimum absolute atomic E-state index is 0.0159. The highest BCUT2D eigenvalue weighted by Crippen LogP contribution is 2.16. The fraction of sp³-hybridized carbons (Fsp3) is 0. The molecule has 0 radical (unpaired) electrons. The lowest BCUT2D eigenvalue weighted by Crippen LogP contribution is -1.85. The van der Waals surface area contributed by atoms with Crippen molar-refractivity contribution in [3.05, 3.63) is 70.8 Å². The number of rotatable bonds is 2. The molecular formula is C14H13NO4. The van der Waals surface area contributed by atoms with Crippen LogP contribution >= 0.6 is 0 Å². The first-order chi connectivity index (χ1) is 9.04. The summed E-state index contributed by atoms with van der Waals surface area (Å²) in [5.41, 5.74) is 0.760. The standard InChI is InChI=1S/C8H8O.C6H5NO3/c1-2-7-5-3-4-6-8(7)9;8-6-3-1-5(2-4-6)7(9)10/h2-6,9H,1H2;1-4,8H. The minimum atomic E-state index is -0.514. The Morgan fingerprint density at radius 2 is 1.63 bits per heavy atom. The zero-order valence-corrected chi connectivity index (χ0v) is 10.1. The first-order valence-corrected chi connectivity index (χ1v) is 5.38. The van der Waals surface area contributed by atoms with Gasteiger partial charge in [0.25, 0.3) is 5.69 Å². The van der Waals surface area contributed by atoms with Crippen molar-refractivity contribution in [3.8, 4) is 11.5 Å². The van der Waals surface area contributed by atoms with Crippen molar-refractivity contribution in [2.24, 2.45) is 0 Å². The van der Waals surface area contributed by atoms with Gasteiger partial charge >= 0.3 is 0 Å². The second-order valence-corrected chi connectivity index (χ2v) is 3.54. The molecule has 0 aliphatic rings. The molecular weight excluding hydrogens is 246 g/mol. The molecule has 0 saturated carbocycles. The van der Waals surface area contributed by atoms with Crippen LogP contribution in [0.1, 0.15) is 5.56 Å². The summed E-state index contributed by atoms with van der Waals surface area (Å²) in [7, 11) is 0. The molecule has 0 aliphatic carbocycles. The Kier molecular flexibility index (Phi) is 5.10. The maximum absolute atomic E-state index is 10.0. The summed E-state index contributed by atoms with van der Waals surface area (Å²) in [4.78, 5) is 9.52. The molecule has 2 rings (SSSR count). The van der Waals surface area contributed by atoms with E-state index in [0.29, 0.717) is 0 Å². The number of hydrogen-bond acceptors (Lipinski definition) is 4. The molecule has 0 aromatic heterocycles. The van der Waals surface area contributed by atoms with E-state index < -0.39 is 4.92 Å². The Morgan fingerprint density at radius 1 is 1.05 bits per heavy atom. The van der Waals surface area contributed by atoms with Crippen molar-refractivity contribution >= 4 is 11.8 Å². The van der Waals surface area contributed by atoms with Gasteiger partial charge in [-0.25, -0.2) is 0 Å². The van der Waals surface area contributed by atoms with E-state index in [0.717, 1.165) is 5.56 Å². The van der Waals surface area contributed by atoms with Gasteiger partial charge in [0.2, 0.25) is 0 Å². The fourth-order valence-corrected chi connectivity index (χ4v) is 1.23. The maximum Gasteiger partial charge on any atom is 0.269 e. The summed E-state index contributed by atoms with van der Waals surface area (Å²) in [6, 6.07) is 12.1. The summed E-state index contributed by atoms with van der Waals surface area (Å²) in [5, 5.41) is 27.8. The van der Waals surface area contributed by atoms with E-state index >= 15 is 0 Å². The van der Waals surface area contributed by atoms with Crippen molar-refractivity contribution in [2.45, 2.75) is 0 Å². The van der Waals surface area contributed by atoms with Gasteiger partial charge in [-0.05, 0) is 18.2 Å². The number of nitrogens with zero attached hydrogens (tertiary/aromatic N) is 1. The predicted molar refractivity (Wildman–Crippen MR) is 73.0 cm³/mol. The summed E-state index contributed by atoms with van der Waals surface area (Å²) in [6.07, 6.45) is 1.62. The van der Waals surface area contributed by atoms with Crippen LogP contribution in [0.2, 0.25) is 0 Å². The summed E-state index contributed by atoms with van der Waals surface area (Å²) < 4.78 is 0. The number of benzene rings is 2. The molecule has 0 aliphatic heterocycles. The number of phenolic OH excluding ortho intramolecular Hbond substituents is 2. The number of nitro benzene ring substituents is 1. The van der Waals surface area contributed by atoms with Gasteiger partial charge in [0.05, 0.1) is 4.92 Å². The van der Waals surface area contributed by atoms with Crippen molar-refractivity contribution in [1.29, 1.82) is 0 Å². The third-order valence-corrected chi connectivity index (χ3v) is 2.22. The molecule has 0 spiro atoms. The summed E-state index contributed by atoms with van der Waals surface area (Å²) in [5.74, 6) is 0.318. The highest BCUT2D eigenvalue weighted by molar-refractivity contribution is 5.54. The average molecular weight is 259 g/mol.